The number of morpholine rings is 1. The smallest absolute Gasteiger partial charge is 0.229 e. The summed E-state index contributed by atoms with van der Waals surface area (Å²) >= 11 is 0. The second kappa shape index (κ2) is 10.5. The van der Waals surface area contributed by atoms with Gasteiger partial charge in [-0.15, -0.1) is 0 Å². The molecule has 0 radical (unpaired) electrons. The Kier molecular flexibility index (Phi) is 7.31. The number of nitrogens with zero attached hydrogens (tertiary/aromatic N) is 4. The molecule has 0 unspecified atom stereocenters. The molecule has 2 N–H and O–H groups in total. The molecule has 1 aromatic heterocycles. The van der Waals surface area contributed by atoms with Crippen molar-refractivity contribution in [3.63, 3.8) is 0 Å². The summed E-state index contributed by atoms with van der Waals surface area (Å²) < 4.78 is 16.4. The van der Waals surface area contributed by atoms with Crippen LogP contribution in [-0.2, 0) is 4.74 Å². The fourth-order valence-electron chi connectivity index (χ4n) is 3.79. The maximum absolute atomic E-state index is 5.51. The second-order valence-corrected chi connectivity index (χ2v) is 8.07. The van der Waals surface area contributed by atoms with E-state index in [9.17, 15) is 0 Å². The number of fused-ring (bicyclic) bond motifs is 1. The van der Waals surface area contributed by atoms with Gasteiger partial charge in [0.2, 0.25) is 5.95 Å². The van der Waals surface area contributed by atoms with Crippen molar-refractivity contribution in [1.82, 2.24) is 14.9 Å². The van der Waals surface area contributed by atoms with E-state index in [2.05, 4.69) is 32.6 Å². The van der Waals surface area contributed by atoms with E-state index in [0.29, 0.717) is 17.4 Å². The van der Waals surface area contributed by atoms with Crippen molar-refractivity contribution < 1.29 is 14.2 Å². The summed E-state index contributed by atoms with van der Waals surface area (Å²) in [6, 6.07) is 11.9. The Morgan fingerprint density at radius 2 is 1.79 bits per heavy atom. The van der Waals surface area contributed by atoms with E-state index in [4.69, 9.17) is 24.2 Å². The fourth-order valence-corrected chi connectivity index (χ4v) is 3.79. The molecular weight excluding hydrogens is 420 g/mol. The molecule has 2 heterocycles. The van der Waals surface area contributed by atoms with Gasteiger partial charge in [0.25, 0.3) is 0 Å². The zero-order valence-electron chi connectivity index (χ0n) is 19.7. The minimum absolute atomic E-state index is 0.513. The molecule has 1 saturated heterocycles. The molecular formula is C24H32N6O3. The summed E-state index contributed by atoms with van der Waals surface area (Å²) in [5.74, 6) is 2.53. The lowest BCUT2D eigenvalue weighted by Gasteiger charge is -2.26. The Morgan fingerprint density at radius 1 is 1.03 bits per heavy atom. The third kappa shape index (κ3) is 5.55. The van der Waals surface area contributed by atoms with Gasteiger partial charge in [-0.1, -0.05) is 6.07 Å². The molecule has 0 saturated carbocycles. The van der Waals surface area contributed by atoms with E-state index in [-0.39, 0.29) is 0 Å². The largest absolute Gasteiger partial charge is 0.493 e. The fraction of sp³-hybridized carbons (Fsp3) is 0.417. The Bertz CT molecular complexity index is 1090. The van der Waals surface area contributed by atoms with E-state index in [1.807, 2.05) is 38.4 Å². The van der Waals surface area contributed by atoms with Crippen LogP contribution in [0, 0.1) is 0 Å². The zero-order valence-corrected chi connectivity index (χ0v) is 19.7. The highest BCUT2D eigenvalue weighted by atomic mass is 16.5. The maximum Gasteiger partial charge on any atom is 0.229 e. The van der Waals surface area contributed by atoms with Gasteiger partial charge in [0.05, 0.1) is 33.0 Å². The van der Waals surface area contributed by atoms with Crippen molar-refractivity contribution >= 4 is 34.0 Å². The molecule has 0 amide bonds. The predicted octanol–water partition coefficient (Wildman–Crippen LogP) is 3.20. The number of nitrogens with one attached hydrogen (secondary N) is 2. The van der Waals surface area contributed by atoms with E-state index >= 15 is 0 Å². The molecule has 9 heteroatoms. The number of aromatic nitrogens is 2. The van der Waals surface area contributed by atoms with E-state index in [1.54, 1.807) is 14.2 Å². The first-order valence-corrected chi connectivity index (χ1v) is 11.1. The van der Waals surface area contributed by atoms with Crippen LogP contribution in [-0.4, -0.2) is 82.6 Å². The maximum atomic E-state index is 5.51. The van der Waals surface area contributed by atoms with Crippen molar-refractivity contribution in [2.75, 3.05) is 83.2 Å². The van der Waals surface area contributed by atoms with Gasteiger partial charge in [0, 0.05) is 63.1 Å². The van der Waals surface area contributed by atoms with Crippen molar-refractivity contribution in [2.24, 2.45) is 0 Å². The average molecular weight is 453 g/mol. The van der Waals surface area contributed by atoms with E-state index < -0.39 is 0 Å². The topological polar surface area (TPSA) is 84.0 Å². The molecule has 0 atom stereocenters. The lowest BCUT2D eigenvalue weighted by Crippen LogP contribution is -2.39. The average Bonchev–Trinajstić information content (AvgIpc) is 2.84. The number of methoxy groups -OCH3 is 2. The van der Waals surface area contributed by atoms with E-state index in [0.717, 1.165) is 67.5 Å². The Labute approximate surface area is 194 Å². The number of hydrogen-bond acceptors (Lipinski definition) is 9. The lowest BCUT2D eigenvalue weighted by atomic mass is 10.2. The van der Waals surface area contributed by atoms with Crippen LogP contribution in [0.2, 0.25) is 0 Å². The van der Waals surface area contributed by atoms with Gasteiger partial charge in [-0.2, -0.15) is 4.98 Å². The molecule has 33 heavy (non-hydrogen) atoms. The third-order valence-corrected chi connectivity index (χ3v) is 5.64. The molecule has 1 aliphatic rings. The van der Waals surface area contributed by atoms with Crippen LogP contribution in [0.4, 0.5) is 23.1 Å². The predicted molar refractivity (Wildman–Crippen MR) is 132 cm³/mol. The van der Waals surface area contributed by atoms with Crippen LogP contribution in [0.1, 0.15) is 0 Å². The highest BCUT2D eigenvalue weighted by molar-refractivity contribution is 5.93. The number of benzene rings is 2. The summed E-state index contributed by atoms with van der Waals surface area (Å²) in [5.41, 5.74) is 2.78. The van der Waals surface area contributed by atoms with Gasteiger partial charge in [-0.3, -0.25) is 4.90 Å². The van der Waals surface area contributed by atoms with Crippen molar-refractivity contribution in [2.45, 2.75) is 0 Å². The molecule has 0 spiro atoms. The summed E-state index contributed by atoms with van der Waals surface area (Å²) in [6.07, 6.45) is 0. The normalized spacial score (nSPS) is 14.2. The van der Waals surface area contributed by atoms with Gasteiger partial charge in [-0.05, 0) is 24.3 Å². The minimum atomic E-state index is 0.513. The van der Waals surface area contributed by atoms with Crippen molar-refractivity contribution in [3.8, 4) is 11.5 Å². The third-order valence-electron chi connectivity index (χ3n) is 5.64. The first-order valence-electron chi connectivity index (χ1n) is 11.1. The van der Waals surface area contributed by atoms with Gasteiger partial charge < -0.3 is 29.7 Å². The van der Waals surface area contributed by atoms with Crippen LogP contribution in [0.15, 0.2) is 36.4 Å². The number of hydrogen-bond donors (Lipinski definition) is 2. The monoisotopic (exact) mass is 452 g/mol. The molecule has 9 nitrogen and oxygen atoms in total. The van der Waals surface area contributed by atoms with Gasteiger partial charge in [-0.25, -0.2) is 4.98 Å². The SMILES string of the molecule is COc1cc2nc(Nc3cccc(N(C)C)c3)nc(NCCN3CCOCC3)c2cc1OC. The molecule has 0 bridgehead atoms. The Hall–Kier alpha value is -3.30. The number of rotatable bonds is 9. The summed E-state index contributed by atoms with van der Waals surface area (Å²) in [5, 5.41) is 7.73. The summed E-state index contributed by atoms with van der Waals surface area (Å²) in [7, 11) is 7.28. The van der Waals surface area contributed by atoms with Crippen molar-refractivity contribution in [1.29, 1.82) is 0 Å². The second-order valence-electron chi connectivity index (χ2n) is 8.07. The lowest BCUT2D eigenvalue weighted by molar-refractivity contribution is 0.0398. The first-order chi connectivity index (χ1) is 16.1. The van der Waals surface area contributed by atoms with Crippen LogP contribution >= 0.6 is 0 Å². The van der Waals surface area contributed by atoms with Crippen LogP contribution < -0.4 is 25.0 Å². The van der Waals surface area contributed by atoms with Gasteiger partial charge in [0.1, 0.15) is 5.82 Å². The quantitative estimate of drug-likeness (QED) is 0.508. The summed E-state index contributed by atoms with van der Waals surface area (Å²) in [4.78, 5) is 14.0. The number of ether oxygens (including phenoxy) is 3. The minimum Gasteiger partial charge on any atom is -0.493 e. The molecule has 2 aromatic carbocycles. The van der Waals surface area contributed by atoms with E-state index in [1.165, 1.54) is 0 Å². The zero-order chi connectivity index (χ0) is 23.2. The molecule has 1 fully saturated rings. The first kappa shape index (κ1) is 22.9. The Morgan fingerprint density at radius 3 is 2.52 bits per heavy atom. The molecule has 0 aliphatic carbocycles. The van der Waals surface area contributed by atoms with Gasteiger partial charge in [0.15, 0.2) is 11.5 Å². The molecule has 4 rings (SSSR count). The Balaban J connectivity index is 1.64. The van der Waals surface area contributed by atoms with Crippen LogP contribution in [0.3, 0.4) is 0 Å². The highest BCUT2D eigenvalue weighted by Gasteiger charge is 2.15. The molecule has 1 aliphatic heterocycles. The van der Waals surface area contributed by atoms with Crippen LogP contribution in [0.5, 0.6) is 11.5 Å². The molecule has 3 aromatic rings. The summed E-state index contributed by atoms with van der Waals surface area (Å²) in [6.45, 7) is 5.14. The molecule has 176 valence electrons. The van der Waals surface area contributed by atoms with Crippen molar-refractivity contribution in [3.05, 3.63) is 36.4 Å². The van der Waals surface area contributed by atoms with Crippen LogP contribution in [0.25, 0.3) is 10.9 Å². The van der Waals surface area contributed by atoms with Gasteiger partial charge >= 0.3 is 0 Å². The number of anilines is 4. The standard InChI is InChI=1S/C24H32N6O3/c1-29(2)18-7-5-6-17(14-18)26-24-27-20-16-22(32-4)21(31-3)15-19(20)23(28-24)25-8-9-30-10-12-33-13-11-30/h5-7,14-16H,8-13H2,1-4H3,(H2,25,26,27,28). The highest BCUT2D eigenvalue weighted by Crippen LogP contribution is 2.35.